The number of aromatic nitrogens is 4. The van der Waals surface area contributed by atoms with E-state index < -0.39 is 0 Å². The van der Waals surface area contributed by atoms with Crippen molar-refractivity contribution in [3.05, 3.63) is 211 Å². The van der Waals surface area contributed by atoms with Crippen molar-refractivity contribution in [1.29, 1.82) is 0 Å². The molecule has 2 aliphatic rings. The van der Waals surface area contributed by atoms with Gasteiger partial charge in [0.15, 0.2) is 0 Å². The summed E-state index contributed by atoms with van der Waals surface area (Å²) in [6, 6.07) is 42.7. The van der Waals surface area contributed by atoms with Gasteiger partial charge in [-0.15, -0.1) is 0 Å². The van der Waals surface area contributed by atoms with Crippen molar-refractivity contribution in [1.82, 2.24) is 19.9 Å². The van der Waals surface area contributed by atoms with Gasteiger partial charge in [0.25, 0.3) is 0 Å². The summed E-state index contributed by atoms with van der Waals surface area (Å²) in [6.45, 7) is 25.5. The van der Waals surface area contributed by atoms with Crippen LogP contribution in [0.15, 0.2) is 121 Å². The number of hydrogen-bond donors (Lipinski definition) is 2. The van der Waals surface area contributed by atoms with Crippen LogP contribution < -0.4 is 0 Å². The Morgan fingerprint density at radius 1 is 0.262 bits per heavy atom. The molecule has 5 heterocycles. The van der Waals surface area contributed by atoms with Crippen molar-refractivity contribution < 1.29 is 2.85 Å². The number of nitrogens with zero attached hydrogens (tertiary/aromatic N) is 2. The summed E-state index contributed by atoms with van der Waals surface area (Å²) in [6.07, 6.45) is 8.05. The van der Waals surface area contributed by atoms with Crippen LogP contribution in [0.4, 0.5) is 0 Å². The maximum Gasteiger partial charge on any atom is 2.00 e. The fourth-order valence-electron chi connectivity index (χ4n) is 7.75. The number of benzene rings is 4. The molecule has 0 atom stereocenters. The van der Waals surface area contributed by atoms with Crippen LogP contribution in [0.5, 0.6) is 0 Å². The normalized spacial score (nSPS) is 10.7. The predicted octanol–water partition coefficient (Wildman–Crippen LogP) is 14.9. The van der Waals surface area contributed by atoms with Gasteiger partial charge in [-0.3, -0.25) is 0 Å². The molecule has 0 radical (unpaired) electrons. The van der Waals surface area contributed by atoms with Crippen molar-refractivity contribution in [2.45, 2.75) is 83.1 Å². The molecule has 5 heteroatoms. The Balaban J connectivity index is 0.000000295. The molecule has 61 heavy (non-hydrogen) atoms. The summed E-state index contributed by atoms with van der Waals surface area (Å²) in [5.74, 6) is 0. The number of hydrogen-bond acceptors (Lipinski definition) is 2. The maximum atomic E-state index is 4.62. The summed E-state index contributed by atoms with van der Waals surface area (Å²) in [5.41, 5.74) is 24.1. The number of rotatable bonds is 0. The van der Waals surface area contributed by atoms with Crippen LogP contribution in [0.1, 0.15) is 92.4 Å². The van der Waals surface area contributed by atoms with Gasteiger partial charge in [0.05, 0.1) is 22.8 Å². The first-order chi connectivity index (χ1) is 28.5. The average molecular weight is 817 g/mol. The van der Waals surface area contributed by atoms with Crippen LogP contribution in [0, 0.1) is 83.1 Å². The van der Waals surface area contributed by atoms with Crippen molar-refractivity contribution in [2.75, 3.05) is 0 Å². The number of aromatic amines is 2. The van der Waals surface area contributed by atoms with Crippen LogP contribution in [0.25, 0.3) is 46.4 Å². The molecule has 0 saturated carbocycles. The zero-order valence-corrected chi connectivity index (χ0v) is 39.9. The van der Waals surface area contributed by atoms with Gasteiger partial charge in [0.2, 0.25) is 0 Å². The molecule has 2 N–H and O–H groups in total. The smallest absolute Gasteiger partial charge is 1.00 e. The Morgan fingerprint density at radius 2 is 0.443 bits per heavy atom. The topological polar surface area (TPSA) is 57.4 Å². The molecule has 4 nitrogen and oxygen atoms in total. The fourth-order valence-corrected chi connectivity index (χ4v) is 7.75. The van der Waals surface area contributed by atoms with E-state index in [-0.39, 0.29) is 25.9 Å². The molecule has 0 saturated heterocycles. The van der Waals surface area contributed by atoms with E-state index in [0.717, 1.165) is 44.8 Å². The molecule has 9 rings (SSSR count). The molecule has 3 aromatic heterocycles. The number of aryl methyl sites for hydroxylation is 12. The minimum Gasteiger partial charge on any atom is -1.00 e. The van der Waals surface area contributed by atoms with Gasteiger partial charge < -0.3 is 12.8 Å². The summed E-state index contributed by atoms with van der Waals surface area (Å²) < 4.78 is 0. The molecular formula is C56H64MgN4. The Kier molecular flexibility index (Phi) is 17.9. The second-order valence-corrected chi connectivity index (χ2v) is 16.6. The Labute approximate surface area is 384 Å². The molecule has 0 aliphatic carbocycles. The molecule has 0 fully saturated rings. The van der Waals surface area contributed by atoms with E-state index in [1.54, 1.807) is 0 Å². The molecule has 0 unspecified atom stereocenters. The van der Waals surface area contributed by atoms with Crippen molar-refractivity contribution >= 4 is 69.4 Å². The molecule has 8 bridgehead atoms. The van der Waals surface area contributed by atoms with Crippen LogP contribution >= 0.6 is 0 Å². The van der Waals surface area contributed by atoms with Crippen LogP contribution in [-0.4, -0.2) is 43.0 Å². The first-order valence-corrected chi connectivity index (χ1v) is 20.8. The predicted molar refractivity (Wildman–Crippen MR) is 269 cm³/mol. The minimum absolute atomic E-state index is 0. The first kappa shape index (κ1) is 47.9. The molecule has 0 amide bonds. The Bertz CT molecular complexity index is 2320. The van der Waals surface area contributed by atoms with Crippen LogP contribution in [0.2, 0.25) is 0 Å². The third-order valence-corrected chi connectivity index (χ3v) is 9.51. The summed E-state index contributed by atoms with van der Waals surface area (Å²) in [7, 11) is 0. The maximum absolute atomic E-state index is 4.62. The minimum atomic E-state index is 0. The van der Waals surface area contributed by atoms with Crippen molar-refractivity contribution in [3.63, 3.8) is 0 Å². The van der Waals surface area contributed by atoms with Gasteiger partial charge in [0.1, 0.15) is 0 Å². The monoisotopic (exact) mass is 816 g/mol. The fraction of sp³-hybridized carbons (Fsp3) is 0.214. The molecule has 4 aromatic carbocycles. The summed E-state index contributed by atoms with van der Waals surface area (Å²) >= 11 is 0. The van der Waals surface area contributed by atoms with Gasteiger partial charge in [-0.25, -0.2) is 9.97 Å². The SMILES string of the molecule is C1=Cc2cc3ccc(cc4ccc(cc5nc(cc1n2)C=C5)[nH]4)[nH]3.Cc1cc(C)cc(C)c1.Cc1cc(C)cc(C)c1.Cc1cc(C)cc(C)c1.Cc1cc(C)cc(C)c1.[H-].[H-].[Mg+2]. The second-order valence-electron chi connectivity index (χ2n) is 16.6. The van der Waals surface area contributed by atoms with Crippen LogP contribution in [0.3, 0.4) is 0 Å². The van der Waals surface area contributed by atoms with Gasteiger partial charge in [-0.1, -0.05) is 140 Å². The van der Waals surface area contributed by atoms with E-state index >= 15 is 0 Å². The number of nitrogens with one attached hydrogen (secondary N) is 2. The molecular weight excluding hydrogens is 753 g/mol. The van der Waals surface area contributed by atoms with E-state index in [1.165, 1.54) is 66.8 Å². The van der Waals surface area contributed by atoms with E-state index in [4.69, 9.17) is 0 Å². The molecule has 310 valence electrons. The zero-order valence-electron chi connectivity index (χ0n) is 40.5. The zero-order chi connectivity index (χ0) is 43.3. The van der Waals surface area contributed by atoms with Gasteiger partial charge in [0, 0.05) is 22.1 Å². The van der Waals surface area contributed by atoms with E-state index in [2.05, 4.69) is 206 Å². The Morgan fingerprint density at radius 3 is 0.656 bits per heavy atom. The Hall–Kier alpha value is -5.75. The largest absolute Gasteiger partial charge is 2.00 e. The van der Waals surface area contributed by atoms with Gasteiger partial charge >= 0.3 is 23.1 Å². The van der Waals surface area contributed by atoms with Crippen molar-refractivity contribution in [3.8, 4) is 0 Å². The molecule has 0 spiro atoms. The van der Waals surface area contributed by atoms with E-state index in [1.807, 2.05) is 42.5 Å². The van der Waals surface area contributed by atoms with E-state index in [0.29, 0.717) is 0 Å². The molecule has 2 aliphatic heterocycles. The van der Waals surface area contributed by atoms with Crippen molar-refractivity contribution in [2.24, 2.45) is 0 Å². The van der Waals surface area contributed by atoms with Gasteiger partial charge in [-0.05, 0) is 156 Å². The van der Waals surface area contributed by atoms with Crippen LogP contribution in [-0.2, 0) is 0 Å². The average Bonchev–Trinajstić information content (AvgIpc) is 3.94. The third kappa shape index (κ3) is 16.7. The number of fused-ring (bicyclic) bond motifs is 8. The first-order valence-electron chi connectivity index (χ1n) is 20.8. The summed E-state index contributed by atoms with van der Waals surface area (Å²) in [4.78, 5) is 16.0. The second kappa shape index (κ2) is 22.7. The van der Waals surface area contributed by atoms with Gasteiger partial charge in [-0.2, -0.15) is 0 Å². The molecule has 7 aromatic rings. The summed E-state index contributed by atoms with van der Waals surface area (Å²) in [5, 5.41) is 0. The van der Waals surface area contributed by atoms with E-state index in [9.17, 15) is 0 Å². The standard InChI is InChI=1S/C20H14N4.4C9H12.Mg.2H/c1-2-14-10-16-5-6-18(23-16)12-20-8-7-19(24-20)11-17-4-3-15(22-17)9-13(1)21-14;4*1-7-4-8(2)6-9(3)5-7;;;/h1-12,21-22H;4*4-6H,1-3H3;;;/q;;;;;+2;2*-1. The quantitative estimate of drug-likeness (QED) is 0.150. The number of H-pyrrole nitrogens is 2. The third-order valence-electron chi connectivity index (χ3n) is 9.51.